The van der Waals surface area contributed by atoms with E-state index in [1.54, 1.807) is 0 Å². The molecule has 5 unspecified atom stereocenters. The molecule has 0 amide bonds. The summed E-state index contributed by atoms with van der Waals surface area (Å²) in [4.78, 5) is 0. The minimum atomic E-state index is -4.02. The van der Waals surface area contributed by atoms with E-state index < -0.39 is 15.4 Å². The van der Waals surface area contributed by atoms with Crippen LogP contribution in [-0.2, 0) is 10.1 Å². The summed E-state index contributed by atoms with van der Waals surface area (Å²) in [5.41, 5.74) is 6.13. The van der Waals surface area contributed by atoms with Crippen molar-refractivity contribution in [2.45, 2.75) is 135 Å². The number of hydrogen-bond donors (Lipinski definition) is 5. The highest BCUT2D eigenvalue weighted by molar-refractivity contribution is 7.86. The number of aliphatic hydroxyl groups excluding tert-OH is 1. The molecule has 4 aliphatic carbocycles. The zero-order valence-corrected chi connectivity index (χ0v) is 28.3. The van der Waals surface area contributed by atoms with E-state index in [1.807, 2.05) is 13.8 Å². The third-order valence-electron chi connectivity index (χ3n) is 13.2. The number of nitrogens with two attached hydrogens (primary N) is 1. The van der Waals surface area contributed by atoms with Crippen LogP contribution in [0, 0.1) is 52.3 Å². The number of aliphatic hydroxyl groups is 1. The molecule has 7 nitrogen and oxygen atoms in total. The van der Waals surface area contributed by atoms with Gasteiger partial charge in [-0.25, -0.2) is 0 Å². The molecule has 0 spiro atoms. The number of unbranched alkanes of at least 4 members (excludes halogenated alkanes) is 1. The zero-order valence-electron chi connectivity index (χ0n) is 27.5. The smallest absolute Gasteiger partial charge is 0.268 e. The standard InChI is InChI=1S/C34H65N3O4S/c1-23(2)31(42(39,40)41)12-9-24(3)27-10-11-28-32-29(14-16-34(27,28)5)33(4)15-13-26(21-25(33)22-30(32)38)37-20-8-19-36-18-7-6-17-35/h23-32,36-38H,6-22,35H2,1-5H3,(H,39,40,41)/t24-,25-,26+,27?,28?,29?,30-,31?,32?,33+,34-/m1/s1. The van der Waals surface area contributed by atoms with Crippen LogP contribution in [-0.4, -0.2) is 61.7 Å². The van der Waals surface area contributed by atoms with Crippen molar-refractivity contribution in [1.29, 1.82) is 0 Å². The molecule has 0 bridgehead atoms. The van der Waals surface area contributed by atoms with Crippen LogP contribution in [0.5, 0.6) is 0 Å². The van der Waals surface area contributed by atoms with Crippen LogP contribution in [0.15, 0.2) is 0 Å². The molecule has 0 saturated heterocycles. The predicted molar refractivity (Wildman–Crippen MR) is 173 cm³/mol. The van der Waals surface area contributed by atoms with Crippen LogP contribution in [0.1, 0.15) is 118 Å². The molecule has 0 heterocycles. The minimum Gasteiger partial charge on any atom is -0.393 e. The van der Waals surface area contributed by atoms with Gasteiger partial charge >= 0.3 is 0 Å². The van der Waals surface area contributed by atoms with E-state index in [1.165, 1.54) is 44.9 Å². The Morgan fingerprint density at radius 2 is 1.57 bits per heavy atom. The third kappa shape index (κ3) is 7.41. The Bertz CT molecular complexity index is 962. The number of fused-ring (bicyclic) bond motifs is 5. The molecule has 8 heteroatoms. The van der Waals surface area contributed by atoms with E-state index in [-0.39, 0.29) is 17.4 Å². The average molecular weight is 612 g/mol. The molecule has 246 valence electrons. The third-order valence-corrected chi connectivity index (χ3v) is 14.8. The highest BCUT2D eigenvalue weighted by atomic mass is 32.2. The summed E-state index contributed by atoms with van der Waals surface area (Å²) in [7, 11) is -4.02. The maximum atomic E-state index is 12.0. The van der Waals surface area contributed by atoms with E-state index in [0.717, 1.165) is 58.3 Å². The minimum absolute atomic E-state index is 0.0838. The summed E-state index contributed by atoms with van der Waals surface area (Å²) in [6.45, 7) is 15.1. The molecule has 4 aliphatic rings. The Morgan fingerprint density at radius 3 is 2.26 bits per heavy atom. The first-order valence-electron chi connectivity index (χ1n) is 17.6. The van der Waals surface area contributed by atoms with Crippen LogP contribution in [0.25, 0.3) is 0 Å². The van der Waals surface area contributed by atoms with Crippen LogP contribution >= 0.6 is 0 Å². The van der Waals surface area contributed by atoms with E-state index in [2.05, 4.69) is 31.4 Å². The number of rotatable bonds is 15. The molecule has 42 heavy (non-hydrogen) atoms. The van der Waals surface area contributed by atoms with Crippen molar-refractivity contribution < 1.29 is 18.1 Å². The van der Waals surface area contributed by atoms with Gasteiger partial charge < -0.3 is 21.5 Å². The molecule has 0 aromatic carbocycles. The summed E-state index contributed by atoms with van der Waals surface area (Å²) in [6.07, 6.45) is 14.1. The fourth-order valence-corrected chi connectivity index (χ4v) is 12.0. The molecule has 0 aromatic heterocycles. The van der Waals surface area contributed by atoms with E-state index >= 15 is 0 Å². The van der Waals surface area contributed by atoms with Crippen molar-refractivity contribution in [3.05, 3.63) is 0 Å². The SMILES string of the molecule is CC(C)C(CC[C@@H](C)C1CCC2C3C(CC[C@@]21C)[C@@]1(C)CC[C@H](NCCCNCCCCN)C[C@@H]1C[C@H]3O)S(=O)(=O)O. The lowest BCUT2D eigenvalue weighted by Gasteiger charge is -2.62. The highest BCUT2D eigenvalue weighted by Gasteiger charge is 2.62. The van der Waals surface area contributed by atoms with Gasteiger partial charge in [0, 0.05) is 6.04 Å². The summed E-state index contributed by atoms with van der Waals surface area (Å²) < 4.78 is 33.8. The maximum absolute atomic E-state index is 12.0. The van der Waals surface area contributed by atoms with Gasteiger partial charge in [0.2, 0.25) is 0 Å². The summed E-state index contributed by atoms with van der Waals surface area (Å²) >= 11 is 0. The Morgan fingerprint density at radius 1 is 0.881 bits per heavy atom. The van der Waals surface area contributed by atoms with Crippen molar-refractivity contribution in [3.8, 4) is 0 Å². The molecule has 0 radical (unpaired) electrons. The molecule has 4 saturated carbocycles. The second-order valence-corrected chi connectivity index (χ2v) is 17.5. The molecular formula is C34H65N3O4S. The predicted octanol–water partition coefficient (Wildman–Crippen LogP) is 5.62. The Labute approximate surface area is 258 Å². The van der Waals surface area contributed by atoms with E-state index in [9.17, 15) is 18.1 Å². The fourth-order valence-electron chi connectivity index (χ4n) is 10.9. The van der Waals surface area contributed by atoms with Gasteiger partial charge in [-0.05, 0) is 162 Å². The van der Waals surface area contributed by atoms with Crippen LogP contribution in [0.2, 0.25) is 0 Å². The lowest BCUT2D eigenvalue weighted by molar-refractivity contribution is -0.167. The zero-order chi connectivity index (χ0) is 30.7. The van der Waals surface area contributed by atoms with Crippen molar-refractivity contribution in [2.75, 3.05) is 26.2 Å². The van der Waals surface area contributed by atoms with Gasteiger partial charge in [-0.15, -0.1) is 0 Å². The molecule has 11 atom stereocenters. The topological polar surface area (TPSA) is 125 Å². The molecule has 0 aromatic rings. The fraction of sp³-hybridized carbons (Fsp3) is 1.00. The molecule has 4 rings (SSSR count). The van der Waals surface area contributed by atoms with Gasteiger partial charge in [0.15, 0.2) is 0 Å². The number of hydrogen-bond acceptors (Lipinski definition) is 6. The van der Waals surface area contributed by atoms with Gasteiger partial charge in [-0.3, -0.25) is 4.55 Å². The van der Waals surface area contributed by atoms with Crippen molar-refractivity contribution in [3.63, 3.8) is 0 Å². The van der Waals surface area contributed by atoms with Crippen molar-refractivity contribution in [2.24, 2.45) is 58.0 Å². The molecule has 0 aliphatic heterocycles. The quantitative estimate of drug-likeness (QED) is 0.120. The summed E-state index contributed by atoms with van der Waals surface area (Å²) in [6, 6.07) is 0.576. The lowest BCUT2D eigenvalue weighted by Crippen LogP contribution is -2.59. The van der Waals surface area contributed by atoms with Crippen LogP contribution in [0.3, 0.4) is 0 Å². The Hall–Kier alpha value is -0.250. The summed E-state index contributed by atoms with van der Waals surface area (Å²) in [5.74, 6) is 3.08. The van der Waals surface area contributed by atoms with Gasteiger partial charge in [0.1, 0.15) is 0 Å². The molecular weight excluding hydrogens is 546 g/mol. The second-order valence-electron chi connectivity index (χ2n) is 15.9. The van der Waals surface area contributed by atoms with Gasteiger partial charge in [0.25, 0.3) is 10.1 Å². The van der Waals surface area contributed by atoms with E-state index in [4.69, 9.17) is 5.73 Å². The van der Waals surface area contributed by atoms with E-state index in [0.29, 0.717) is 53.4 Å². The van der Waals surface area contributed by atoms with Crippen LogP contribution in [0.4, 0.5) is 0 Å². The monoisotopic (exact) mass is 611 g/mol. The maximum Gasteiger partial charge on any atom is 0.268 e. The largest absolute Gasteiger partial charge is 0.393 e. The average Bonchev–Trinajstić information content (AvgIpc) is 3.27. The first-order valence-corrected chi connectivity index (χ1v) is 19.1. The van der Waals surface area contributed by atoms with Gasteiger partial charge in [-0.2, -0.15) is 8.42 Å². The first kappa shape index (κ1) is 34.6. The van der Waals surface area contributed by atoms with Crippen molar-refractivity contribution in [1.82, 2.24) is 10.6 Å². The normalized spacial score (nSPS) is 39.9. The number of nitrogens with one attached hydrogen (secondary N) is 2. The highest BCUT2D eigenvalue weighted by Crippen LogP contribution is 2.68. The lowest BCUT2D eigenvalue weighted by atomic mass is 9.43. The Kier molecular flexibility index (Phi) is 11.9. The molecule has 4 fully saturated rings. The van der Waals surface area contributed by atoms with Crippen LogP contribution < -0.4 is 16.4 Å². The van der Waals surface area contributed by atoms with Gasteiger partial charge in [-0.1, -0.05) is 34.6 Å². The second kappa shape index (κ2) is 14.5. The Balaban J connectivity index is 1.32. The first-order chi connectivity index (χ1) is 19.8. The van der Waals surface area contributed by atoms with Gasteiger partial charge in [0.05, 0.1) is 11.4 Å². The van der Waals surface area contributed by atoms with Crippen molar-refractivity contribution >= 4 is 10.1 Å². The molecule has 6 N–H and O–H groups in total. The summed E-state index contributed by atoms with van der Waals surface area (Å²) in [5, 5.41) is 18.5.